The third-order valence-electron chi connectivity index (χ3n) is 2.14. The fraction of sp³-hybridized carbons (Fsp3) is 0.0833. The number of nitrogens with two attached hydrogens (primary N) is 1. The average molecular weight is 311 g/mol. The van der Waals surface area contributed by atoms with Crippen molar-refractivity contribution in [2.24, 2.45) is 0 Å². The van der Waals surface area contributed by atoms with Crippen molar-refractivity contribution in [3.05, 3.63) is 41.0 Å². The molecule has 0 saturated carbocycles. The quantitative estimate of drug-likeness (QED) is 0.880. The van der Waals surface area contributed by atoms with Crippen molar-refractivity contribution in [2.45, 2.75) is 9.92 Å². The number of nitrogens with zero attached hydrogens (tertiary/aromatic N) is 1. The van der Waals surface area contributed by atoms with Gasteiger partial charge in [-0.2, -0.15) is 0 Å². The number of halogens is 1. The summed E-state index contributed by atoms with van der Waals surface area (Å²) in [4.78, 5) is 5.33. The molecule has 5 heteroatoms. The van der Waals surface area contributed by atoms with Gasteiger partial charge in [0.1, 0.15) is 10.8 Å². The Labute approximate surface area is 113 Å². The smallest absolute Gasteiger partial charge is 0.142 e. The minimum absolute atomic E-state index is 0.636. The molecule has 3 nitrogen and oxygen atoms in total. The first-order valence-electron chi connectivity index (χ1n) is 4.92. The van der Waals surface area contributed by atoms with Crippen LogP contribution in [0.2, 0.25) is 0 Å². The highest BCUT2D eigenvalue weighted by molar-refractivity contribution is 9.10. The first kappa shape index (κ1) is 12.3. The Morgan fingerprint density at radius 1 is 1.35 bits per heavy atom. The molecule has 0 bridgehead atoms. The zero-order valence-corrected chi connectivity index (χ0v) is 11.6. The van der Waals surface area contributed by atoms with Crippen molar-refractivity contribution in [1.82, 2.24) is 4.98 Å². The summed E-state index contributed by atoms with van der Waals surface area (Å²) in [5.41, 5.74) is 6.40. The van der Waals surface area contributed by atoms with E-state index >= 15 is 0 Å². The maximum atomic E-state index is 5.76. The Morgan fingerprint density at radius 3 is 2.88 bits per heavy atom. The first-order valence-corrected chi connectivity index (χ1v) is 6.53. The zero-order valence-electron chi connectivity index (χ0n) is 9.18. The zero-order chi connectivity index (χ0) is 12.3. The van der Waals surface area contributed by atoms with Crippen LogP contribution < -0.4 is 10.5 Å². The Morgan fingerprint density at radius 2 is 2.18 bits per heavy atom. The molecular weight excluding hydrogens is 300 g/mol. The highest BCUT2D eigenvalue weighted by Gasteiger charge is 2.06. The lowest BCUT2D eigenvalue weighted by Gasteiger charge is -2.07. The molecule has 0 amide bonds. The minimum atomic E-state index is 0.636. The Hall–Kier alpha value is -1.20. The van der Waals surface area contributed by atoms with Crippen LogP contribution in [0.15, 0.2) is 50.9 Å². The molecule has 0 aliphatic carbocycles. The summed E-state index contributed by atoms with van der Waals surface area (Å²) < 4.78 is 6.16. The summed E-state index contributed by atoms with van der Waals surface area (Å²) in [6, 6.07) is 9.53. The lowest BCUT2D eigenvalue weighted by atomic mass is 10.3. The van der Waals surface area contributed by atoms with Gasteiger partial charge >= 0.3 is 0 Å². The summed E-state index contributed by atoms with van der Waals surface area (Å²) >= 11 is 5.02. The van der Waals surface area contributed by atoms with Crippen LogP contribution in [0.5, 0.6) is 5.75 Å². The van der Waals surface area contributed by atoms with Crippen LogP contribution in [0.25, 0.3) is 0 Å². The number of benzene rings is 1. The second-order valence-corrected chi connectivity index (χ2v) is 5.21. The topological polar surface area (TPSA) is 48.1 Å². The van der Waals surface area contributed by atoms with Crippen LogP contribution in [0.4, 0.5) is 5.69 Å². The van der Waals surface area contributed by atoms with E-state index in [1.165, 1.54) is 0 Å². The minimum Gasteiger partial charge on any atom is -0.495 e. The monoisotopic (exact) mass is 310 g/mol. The van der Waals surface area contributed by atoms with Crippen molar-refractivity contribution in [3.8, 4) is 5.75 Å². The third-order valence-corrected chi connectivity index (χ3v) is 4.05. The lowest BCUT2D eigenvalue weighted by Crippen LogP contribution is -1.92. The second-order valence-electron chi connectivity index (χ2n) is 3.30. The maximum absolute atomic E-state index is 5.76. The van der Waals surface area contributed by atoms with E-state index in [9.17, 15) is 0 Å². The molecule has 2 rings (SSSR count). The molecule has 2 N–H and O–H groups in total. The molecule has 17 heavy (non-hydrogen) atoms. The molecule has 0 fully saturated rings. The van der Waals surface area contributed by atoms with E-state index in [0.29, 0.717) is 11.4 Å². The van der Waals surface area contributed by atoms with Crippen molar-refractivity contribution in [1.29, 1.82) is 0 Å². The standard InChI is InChI=1S/C12H11BrN2OS/c1-16-11-7-8(4-5-10(11)14)17-12-9(13)3-2-6-15-12/h2-7H,14H2,1H3. The number of methoxy groups -OCH3 is 1. The molecule has 1 aromatic carbocycles. The molecule has 1 heterocycles. The maximum Gasteiger partial charge on any atom is 0.142 e. The van der Waals surface area contributed by atoms with Crippen LogP contribution in [0.1, 0.15) is 0 Å². The van der Waals surface area contributed by atoms with Crippen LogP contribution in [0, 0.1) is 0 Å². The Balaban J connectivity index is 2.28. The normalized spacial score (nSPS) is 10.2. The van der Waals surface area contributed by atoms with Gasteiger partial charge in [0.05, 0.1) is 17.3 Å². The van der Waals surface area contributed by atoms with Gasteiger partial charge in [0, 0.05) is 11.1 Å². The predicted molar refractivity (Wildman–Crippen MR) is 73.5 cm³/mol. The molecule has 0 radical (unpaired) electrons. The Kier molecular flexibility index (Phi) is 3.91. The van der Waals surface area contributed by atoms with Crippen molar-refractivity contribution in [2.75, 3.05) is 12.8 Å². The highest BCUT2D eigenvalue weighted by Crippen LogP contribution is 2.34. The number of pyridine rings is 1. The van der Waals surface area contributed by atoms with Gasteiger partial charge in [-0.3, -0.25) is 0 Å². The van der Waals surface area contributed by atoms with E-state index < -0.39 is 0 Å². The van der Waals surface area contributed by atoms with Crippen LogP contribution >= 0.6 is 27.7 Å². The number of hydrogen-bond acceptors (Lipinski definition) is 4. The summed E-state index contributed by atoms with van der Waals surface area (Å²) in [7, 11) is 1.61. The van der Waals surface area contributed by atoms with Gasteiger partial charge in [0.15, 0.2) is 0 Å². The van der Waals surface area contributed by atoms with Gasteiger partial charge in [-0.25, -0.2) is 4.98 Å². The predicted octanol–water partition coefficient (Wildman–Crippen LogP) is 3.59. The molecule has 0 aliphatic heterocycles. The van der Waals surface area contributed by atoms with Crippen LogP contribution in [0.3, 0.4) is 0 Å². The van der Waals surface area contributed by atoms with Gasteiger partial charge in [0.25, 0.3) is 0 Å². The molecule has 0 unspecified atom stereocenters. The van der Waals surface area contributed by atoms with Gasteiger partial charge in [-0.1, -0.05) is 11.8 Å². The average Bonchev–Trinajstić information content (AvgIpc) is 2.34. The molecule has 88 valence electrons. The molecule has 0 atom stereocenters. The molecule has 0 aliphatic rings. The largest absolute Gasteiger partial charge is 0.495 e. The fourth-order valence-electron chi connectivity index (χ4n) is 1.31. The summed E-state index contributed by atoms with van der Waals surface area (Å²) in [5.74, 6) is 0.682. The second kappa shape index (κ2) is 5.42. The lowest BCUT2D eigenvalue weighted by molar-refractivity contribution is 0.416. The van der Waals surface area contributed by atoms with Crippen molar-refractivity contribution in [3.63, 3.8) is 0 Å². The number of hydrogen-bond donors (Lipinski definition) is 1. The van der Waals surface area contributed by atoms with Gasteiger partial charge in [0.2, 0.25) is 0 Å². The molecule has 0 spiro atoms. The molecule has 1 aromatic heterocycles. The summed E-state index contributed by atoms with van der Waals surface area (Å²) in [6.45, 7) is 0. The Bertz CT molecular complexity index is 534. The van der Waals surface area contributed by atoms with E-state index in [1.807, 2.05) is 30.3 Å². The number of aromatic nitrogens is 1. The molecule has 0 saturated heterocycles. The summed E-state index contributed by atoms with van der Waals surface area (Å²) in [6.07, 6.45) is 1.77. The van der Waals surface area contributed by atoms with E-state index in [0.717, 1.165) is 14.4 Å². The summed E-state index contributed by atoms with van der Waals surface area (Å²) in [5, 5.41) is 0.916. The van der Waals surface area contributed by atoms with Crippen LogP contribution in [-0.2, 0) is 0 Å². The van der Waals surface area contributed by atoms with Crippen molar-refractivity contribution < 1.29 is 4.74 Å². The molecule has 2 aromatic rings. The van der Waals surface area contributed by atoms with E-state index in [-0.39, 0.29) is 0 Å². The number of rotatable bonds is 3. The van der Waals surface area contributed by atoms with Gasteiger partial charge in [-0.15, -0.1) is 0 Å². The van der Waals surface area contributed by atoms with Crippen LogP contribution in [-0.4, -0.2) is 12.1 Å². The molecular formula is C12H11BrN2OS. The fourth-order valence-corrected chi connectivity index (χ4v) is 2.62. The van der Waals surface area contributed by atoms with E-state index in [2.05, 4.69) is 20.9 Å². The van der Waals surface area contributed by atoms with Crippen molar-refractivity contribution >= 4 is 33.4 Å². The number of ether oxygens (including phenoxy) is 1. The number of nitrogen functional groups attached to an aromatic ring is 1. The van der Waals surface area contributed by atoms with Gasteiger partial charge < -0.3 is 10.5 Å². The third kappa shape index (κ3) is 2.92. The SMILES string of the molecule is COc1cc(Sc2ncccc2Br)ccc1N. The number of anilines is 1. The van der Waals surface area contributed by atoms with E-state index in [1.54, 1.807) is 25.1 Å². The van der Waals surface area contributed by atoms with Gasteiger partial charge in [-0.05, 0) is 46.3 Å². The first-order chi connectivity index (χ1) is 8.20. The highest BCUT2D eigenvalue weighted by atomic mass is 79.9. The van der Waals surface area contributed by atoms with E-state index in [4.69, 9.17) is 10.5 Å².